The zero-order chi connectivity index (χ0) is 13.8. The quantitative estimate of drug-likeness (QED) is 0.880. The number of anilines is 1. The van der Waals surface area contributed by atoms with Gasteiger partial charge in [0.1, 0.15) is 6.04 Å². The molecule has 0 fully saturated rings. The third-order valence-electron chi connectivity index (χ3n) is 2.67. The topological polar surface area (TPSA) is 71.5 Å². The summed E-state index contributed by atoms with van der Waals surface area (Å²) in [5, 5.41) is 13.4. The van der Waals surface area contributed by atoms with Gasteiger partial charge in [0, 0.05) is 29.4 Å². The van der Waals surface area contributed by atoms with Crippen LogP contribution in [-0.4, -0.2) is 35.8 Å². The van der Waals surface area contributed by atoms with E-state index in [0.29, 0.717) is 16.2 Å². The summed E-state index contributed by atoms with van der Waals surface area (Å²) < 4.78 is 4.89. The average Bonchev–Trinajstić information content (AvgIpc) is 2.37. The predicted octanol–water partition coefficient (Wildman–Crippen LogP) is 2.40. The Balaban J connectivity index is 2.36. The molecule has 1 atom stereocenters. The molecule has 1 unspecified atom stereocenters. The minimum atomic E-state index is -0.972. The molecule has 5 nitrogen and oxygen atoms in total. The van der Waals surface area contributed by atoms with Crippen LogP contribution in [-0.2, 0) is 9.53 Å². The lowest BCUT2D eigenvalue weighted by molar-refractivity contribution is -0.139. The molecule has 2 aromatic rings. The molecular formula is C13H13ClN2O3. The summed E-state index contributed by atoms with van der Waals surface area (Å²) >= 11 is 5.90. The summed E-state index contributed by atoms with van der Waals surface area (Å²) in [5.74, 6) is -0.972. The molecular weight excluding hydrogens is 268 g/mol. The van der Waals surface area contributed by atoms with E-state index in [1.807, 2.05) is 0 Å². The molecule has 1 aromatic carbocycles. The van der Waals surface area contributed by atoms with Crippen LogP contribution in [0.5, 0.6) is 0 Å². The van der Waals surface area contributed by atoms with Gasteiger partial charge in [-0.3, -0.25) is 4.98 Å². The molecule has 0 bridgehead atoms. The van der Waals surface area contributed by atoms with Crippen LogP contribution in [0.4, 0.5) is 5.69 Å². The number of nitrogens with zero attached hydrogens (tertiary/aromatic N) is 1. The van der Waals surface area contributed by atoms with Crippen molar-refractivity contribution in [3.8, 4) is 0 Å². The molecule has 6 heteroatoms. The number of aliphatic carboxylic acids is 1. The first-order valence-corrected chi connectivity index (χ1v) is 6.02. The van der Waals surface area contributed by atoms with Crippen molar-refractivity contribution in [1.82, 2.24) is 4.98 Å². The van der Waals surface area contributed by atoms with Gasteiger partial charge in [0.05, 0.1) is 12.1 Å². The number of pyridine rings is 1. The summed E-state index contributed by atoms with van der Waals surface area (Å²) in [6.45, 7) is 0.0761. The summed E-state index contributed by atoms with van der Waals surface area (Å²) in [4.78, 5) is 15.3. The maximum atomic E-state index is 11.1. The Hall–Kier alpha value is -1.85. The maximum absolute atomic E-state index is 11.1. The van der Waals surface area contributed by atoms with Crippen molar-refractivity contribution in [2.24, 2.45) is 0 Å². The molecule has 0 spiro atoms. The molecule has 0 aliphatic heterocycles. The highest BCUT2D eigenvalue weighted by Crippen LogP contribution is 2.24. The second-order valence-corrected chi connectivity index (χ2v) is 4.45. The van der Waals surface area contributed by atoms with E-state index in [2.05, 4.69) is 10.3 Å². The second kappa shape index (κ2) is 5.86. The van der Waals surface area contributed by atoms with Crippen LogP contribution in [0, 0.1) is 0 Å². The van der Waals surface area contributed by atoms with Gasteiger partial charge in [-0.1, -0.05) is 11.6 Å². The first kappa shape index (κ1) is 13.6. The first-order chi connectivity index (χ1) is 9.11. The lowest BCUT2D eigenvalue weighted by Crippen LogP contribution is -2.33. The lowest BCUT2D eigenvalue weighted by Gasteiger charge is -2.16. The number of rotatable bonds is 5. The maximum Gasteiger partial charge on any atom is 0.328 e. The van der Waals surface area contributed by atoms with E-state index in [1.54, 1.807) is 30.5 Å². The van der Waals surface area contributed by atoms with Gasteiger partial charge in [0.2, 0.25) is 0 Å². The number of aromatic nitrogens is 1. The number of methoxy groups -OCH3 is 1. The smallest absolute Gasteiger partial charge is 0.328 e. The van der Waals surface area contributed by atoms with Gasteiger partial charge in [0.15, 0.2) is 0 Å². The van der Waals surface area contributed by atoms with Crippen LogP contribution in [0.1, 0.15) is 0 Å². The Morgan fingerprint density at radius 2 is 2.32 bits per heavy atom. The molecule has 0 saturated heterocycles. The van der Waals surface area contributed by atoms with Crippen molar-refractivity contribution in [3.05, 3.63) is 35.5 Å². The first-order valence-electron chi connectivity index (χ1n) is 5.64. The highest BCUT2D eigenvalue weighted by atomic mass is 35.5. The second-order valence-electron chi connectivity index (χ2n) is 4.01. The van der Waals surface area contributed by atoms with Gasteiger partial charge in [0.25, 0.3) is 0 Å². The highest BCUT2D eigenvalue weighted by Gasteiger charge is 2.17. The van der Waals surface area contributed by atoms with Gasteiger partial charge < -0.3 is 15.2 Å². The molecule has 1 heterocycles. The van der Waals surface area contributed by atoms with Crippen molar-refractivity contribution in [3.63, 3.8) is 0 Å². The van der Waals surface area contributed by atoms with E-state index < -0.39 is 12.0 Å². The fourth-order valence-electron chi connectivity index (χ4n) is 1.78. The van der Waals surface area contributed by atoms with Crippen molar-refractivity contribution < 1.29 is 14.6 Å². The number of carboxylic acid groups (broad SMARTS) is 1. The van der Waals surface area contributed by atoms with Crippen molar-refractivity contribution in [2.45, 2.75) is 6.04 Å². The molecule has 0 aliphatic carbocycles. The average molecular weight is 281 g/mol. The Kier molecular flexibility index (Phi) is 4.19. The molecule has 2 N–H and O–H groups in total. The van der Waals surface area contributed by atoms with E-state index in [4.69, 9.17) is 21.4 Å². The highest BCUT2D eigenvalue weighted by molar-refractivity contribution is 6.31. The molecule has 2 rings (SSSR count). The van der Waals surface area contributed by atoms with Crippen LogP contribution in [0.15, 0.2) is 30.5 Å². The predicted molar refractivity (Wildman–Crippen MR) is 73.7 cm³/mol. The fourth-order valence-corrected chi connectivity index (χ4v) is 1.94. The number of benzene rings is 1. The number of hydrogen-bond donors (Lipinski definition) is 2. The number of carbonyl (C=O) groups is 1. The Bertz CT molecular complexity index is 603. The number of halogens is 1. The van der Waals surface area contributed by atoms with E-state index in [-0.39, 0.29) is 6.61 Å². The van der Waals surface area contributed by atoms with E-state index in [0.717, 1.165) is 5.39 Å². The number of carboxylic acids is 1. The van der Waals surface area contributed by atoms with E-state index in [9.17, 15) is 4.79 Å². The molecule has 0 saturated carbocycles. The molecule has 1 aromatic heterocycles. The van der Waals surface area contributed by atoms with E-state index in [1.165, 1.54) is 7.11 Å². The number of nitrogens with one attached hydrogen (secondary N) is 1. The Morgan fingerprint density at radius 3 is 3.00 bits per heavy atom. The van der Waals surface area contributed by atoms with Crippen molar-refractivity contribution in [2.75, 3.05) is 19.0 Å². The van der Waals surface area contributed by atoms with Crippen LogP contribution < -0.4 is 5.32 Å². The van der Waals surface area contributed by atoms with E-state index >= 15 is 0 Å². The third kappa shape index (κ3) is 3.13. The summed E-state index contributed by atoms with van der Waals surface area (Å²) in [7, 11) is 1.46. The minimum absolute atomic E-state index is 0.0761. The van der Waals surface area contributed by atoms with Crippen LogP contribution in [0.2, 0.25) is 5.02 Å². The zero-order valence-corrected chi connectivity index (χ0v) is 11.0. The van der Waals surface area contributed by atoms with Crippen LogP contribution in [0.25, 0.3) is 10.9 Å². The largest absolute Gasteiger partial charge is 0.480 e. The zero-order valence-electron chi connectivity index (χ0n) is 10.3. The molecule has 0 radical (unpaired) electrons. The minimum Gasteiger partial charge on any atom is -0.480 e. The van der Waals surface area contributed by atoms with Gasteiger partial charge in [-0.2, -0.15) is 0 Å². The Morgan fingerprint density at radius 1 is 1.53 bits per heavy atom. The van der Waals surface area contributed by atoms with Gasteiger partial charge >= 0.3 is 5.97 Å². The molecule has 0 amide bonds. The molecule has 19 heavy (non-hydrogen) atoms. The number of hydrogen-bond acceptors (Lipinski definition) is 4. The Labute approximate surface area is 115 Å². The monoisotopic (exact) mass is 280 g/mol. The number of ether oxygens (including phenoxy) is 1. The number of fused-ring (bicyclic) bond motifs is 1. The SMILES string of the molecule is COCC(Nc1ccnc2cc(Cl)ccc12)C(=O)O. The molecule has 100 valence electrons. The van der Waals surface area contributed by atoms with Crippen LogP contribution in [0.3, 0.4) is 0 Å². The van der Waals surface area contributed by atoms with Gasteiger partial charge in [-0.25, -0.2) is 4.79 Å². The van der Waals surface area contributed by atoms with Crippen molar-refractivity contribution in [1.29, 1.82) is 0 Å². The van der Waals surface area contributed by atoms with Gasteiger partial charge in [-0.05, 0) is 24.3 Å². The van der Waals surface area contributed by atoms with Crippen molar-refractivity contribution >= 4 is 34.2 Å². The fraction of sp³-hybridized carbons (Fsp3) is 0.231. The third-order valence-corrected chi connectivity index (χ3v) is 2.90. The normalized spacial score (nSPS) is 12.3. The summed E-state index contributed by atoms with van der Waals surface area (Å²) in [6.07, 6.45) is 1.60. The summed E-state index contributed by atoms with van der Waals surface area (Å²) in [5.41, 5.74) is 1.39. The standard InChI is InChI=1S/C13H13ClN2O3/c1-19-7-12(13(17)18)16-10-4-5-15-11-6-8(14)2-3-9(10)11/h2-6,12H,7H2,1H3,(H,15,16)(H,17,18). The molecule has 0 aliphatic rings. The lowest BCUT2D eigenvalue weighted by atomic mass is 10.1. The van der Waals surface area contributed by atoms with Gasteiger partial charge in [-0.15, -0.1) is 0 Å². The van der Waals surface area contributed by atoms with Crippen LogP contribution >= 0.6 is 11.6 Å². The summed E-state index contributed by atoms with van der Waals surface area (Å²) in [6, 6.07) is 6.18.